The van der Waals surface area contributed by atoms with Gasteiger partial charge in [0.1, 0.15) is 0 Å². The predicted molar refractivity (Wildman–Crippen MR) is 44.3 cm³/mol. The summed E-state index contributed by atoms with van der Waals surface area (Å²) in [7, 11) is 0. The molecule has 0 aliphatic rings. The molecule has 0 nitrogen and oxygen atoms in total. The lowest BCUT2D eigenvalue weighted by atomic mass is 10.4. The molecule has 0 aliphatic carbocycles. The Bertz CT molecular complexity index is 131. The summed E-state index contributed by atoms with van der Waals surface area (Å²) in [4.78, 5) is 0. The van der Waals surface area contributed by atoms with Crippen LogP contribution in [0.3, 0.4) is 0 Å². The van der Waals surface area contributed by atoms with Crippen molar-refractivity contribution < 1.29 is 0 Å². The molecule has 0 aromatic carbocycles. The van der Waals surface area contributed by atoms with Crippen molar-refractivity contribution in [2.24, 2.45) is 0 Å². The van der Waals surface area contributed by atoms with Crippen LogP contribution in [0, 0.1) is 0 Å². The van der Waals surface area contributed by atoms with Crippen molar-refractivity contribution in [3.8, 4) is 0 Å². The highest BCUT2D eigenvalue weighted by atomic mass is 35.5. The number of hydrogen-bond acceptors (Lipinski definition) is 0. The molecule has 0 aliphatic heterocycles. The molecule has 0 amide bonds. The zero-order valence-electron chi connectivity index (χ0n) is 5.00. The SMILES string of the molecule is C/C(Cl)=C\C(Cl)=C/CCl. The van der Waals surface area contributed by atoms with Gasteiger partial charge in [0.05, 0.1) is 0 Å². The number of allylic oxidation sites excluding steroid dienone is 4. The standard InChI is InChI=1S/C6H7Cl3/c1-5(8)4-6(9)2-3-7/h2,4H,3H2,1H3/b5-4+,6-2+. The van der Waals surface area contributed by atoms with Gasteiger partial charge in [0.15, 0.2) is 0 Å². The molecule has 0 fully saturated rings. The van der Waals surface area contributed by atoms with E-state index in [1.54, 1.807) is 19.1 Å². The Morgan fingerprint density at radius 1 is 1.44 bits per heavy atom. The molecule has 0 saturated heterocycles. The van der Waals surface area contributed by atoms with E-state index in [1.807, 2.05) is 0 Å². The summed E-state index contributed by atoms with van der Waals surface area (Å²) in [6, 6.07) is 0. The number of alkyl halides is 1. The van der Waals surface area contributed by atoms with Crippen LogP contribution in [0.15, 0.2) is 22.2 Å². The first kappa shape index (κ1) is 9.35. The second-order valence-corrected chi connectivity index (χ2v) is 2.82. The van der Waals surface area contributed by atoms with E-state index in [2.05, 4.69) is 0 Å². The van der Waals surface area contributed by atoms with E-state index in [0.717, 1.165) is 0 Å². The highest BCUT2D eigenvalue weighted by Gasteiger charge is 1.84. The number of rotatable bonds is 2. The van der Waals surface area contributed by atoms with E-state index in [0.29, 0.717) is 15.9 Å². The van der Waals surface area contributed by atoms with Crippen molar-refractivity contribution in [1.82, 2.24) is 0 Å². The first-order valence-electron chi connectivity index (χ1n) is 2.42. The van der Waals surface area contributed by atoms with Crippen LogP contribution in [0.4, 0.5) is 0 Å². The molecular weight excluding hydrogens is 178 g/mol. The van der Waals surface area contributed by atoms with Gasteiger partial charge in [-0.3, -0.25) is 0 Å². The van der Waals surface area contributed by atoms with Gasteiger partial charge < -0.3 is 0 Å². The Balaban J connectivity index is 3.90. The second kappa shape index (κ2) is 5.16. The minimum Gasteiger partial charge on any atom is -0.122 e. The maximum absolute atomic E-state index is 5.59. The van der Waals surface area contributed by atoms with Gasteiger partial charge in [-0.05, 0) is 13.0 Å². The largest absolute Gasteiger partial charge is 0.122 e. The molecule has 52 valence electrons. The first-order valence-corrected chi connectivity index (χ1v) is 3.71. The van der Waals surface area contributed by atoms with E-state index in [1.165, 1.54) is 0 Å². The average Bonchev–Trinajstić information content (AvgIpc) is 1.63. The molecule has 0 N–H and O–H groups in total. The summed E-state index contributed by atoms with van der Waals surface area (Å²) in [5, 5.41) is 1.24. The normalized spacial score (nSPS) is 14.2. The molecule has 0 aromatic rings. The van der Waals surface area contributed by atoms with Gasteiger partial charge in [-0.1, -0.05) is 29.3 Å². The third kappa shape index (κ3) is 6.23. The van der Waals surface area contributed by atoms with Crippen LogP contribution < -0.4 is 0 Å². The third-order valence-corrected chi connectivity index (χ3v) is 1.14. The molecule has 0 heterocycles. The average molecular weight is 185 g/mol. The maximum Gasteiger partial charge on any atom is 0.0421 e. The van der Waals surface area contributed by atoms with Crippen molar-refractivity contribution in [3.05, 3.63) is 22.2 Å². The fraction of sp³-hybridized carbons (Fsp3) is 0.333. The molecular formula is C6H7Cl3. The van der Waals surface area contributed by atoms with E-state index in [4.69, 9.17) is 34.8 Å². The first-order chi connectivity index (χ1) is 4.16. The lowest BCUT2D eigenvalue weighted by molar-refractivity contribution is 1.61. The lowest BCUT2D eigenvalue weighted by Crippen LogP contribution is -1.66. The molecule has 9 heavy (non-hydrogen) atoms. The van der Waals surface area contributed by atoms with E-state index < -0.39 is 0 Å². The fourth-order valence-corrected chi connectivity index (χ4v) is 0.982. The van der Waals surface area contributed by atoms with Gasteiger partial charge in [-0.2, -0.15) is 0 Å². The van der Waals surface area contributed by atoms with Gasteiger partial charge >= 0.3 is 0 Å². The molecule has 0 aromatic heterocycles. The summed E-state index contributed by atoms with van der Waals surface area (Å²) in [6.07, 6.45) is 3.32. The summed E-state index contributed by atoms with van der Waals surface area (Å²) >= 11 is 16.4. The molecule has 0 radical (unpaired) electrons. The van der Waals surface area contributed by atoms with Crippen LogP contribution >= 0.6 is 34.8 Å². The van der Waals surface area contributed by atoms with Crippen LogP contribution in [0.5, 0.6) is 0 Å². The Morgan fingerprint density at radius 2 is 2.00 bits per heavy atom. The van der Waals surface area contributed by atoms with Gasteiger partial charge in [-0.15, -0.1) is 11.6 Å². The molecule has 0 atom stereocenters. The highest BCUT2D eigenvalue weighted by molar-refractivity contribution is 6.34. The van der Waals surface area contributed by atoms with Crippen molar-refractivity contribution >= 4 is 34.8 Å². The van der Waals surface area contributed by atoms with Crippen molar-refractivity contribution in [1.29, 1.82) is 0 Å². The third-order valence-electron chi connectivity index (χ3n) is 0.609. The summed E-state index contributed by atoms with van der Waals surface area (Å²) in [6.45, 7) is 1.76. The van der Waals surface area contributed by atoms with Crippen LogP contribution in [0.2, 0.25) is 0 Å². The molecule has 0 spiro atoms. The Kier molecular flexibility index (Phi) is 5.36. The van der Waals surface area contributed by atoms with E-state index in [9.17, 15) is 0 Å². The zero-order valence-corrected chi connectivity index (χ0v) is 7.26. The van der Waals surface area contributed by atoms with Crippen molar-refractivity contribution in [3.63, 3.8) is 0 Å². The minimum absolute atomic E-state index is 0.416. The van der Waals surface area contributed by atoms with Gasteiger partial charge in [0.25, 0.3) is 0 Å². The highest BCUT2D eigenvalue weighted by Crippen LogP contribution is 2.09. The summed E-state index contributed by atoms with van der Waals surface area (Å²) < 4.78 is 0. The second-order valence-electron chi connectivity index (χ2n) is 1.47. The smallest absolute Gasteiger partial charge is 0.0421 e. The zero-order chi connectivity index (χ0) is 7.28. The van der Waals surface area contributed by atoms with Crippen LogP contribution in [-0.2, 0) is 0 Å². The van der Waals surface area contributed by atoms with Crippen molar-refractivity contribution in [2.75, 3.05) is 5.88 Å². The Labute approximate surface area is 70.1 Å². The van der Waals surface area contributed by atoms with Crippen LogP contribution in [0.1, 0.15) is 6.92 Å². The minimum atomic E-state index is 0.416. The number of hydrogen-bond donors (Lipinski definition) is 0. The van der Waals surface area contributed by atoms with Crippen LogP contribution in [-0.4, -0.2) is 5.88 Å². The van der Waals surface area contributed by atoms with E-state index >= 15 is 0 Å². The monoisotopic (exact) mass is 184 g/mol. The molecule has 0 bridgehead atoms. The number of halogens is 3. The molecule has 0 unspecified atom stereocenters. The molecule has 3 heteroatoms. The lowest BCUT2D eigenvalue weighted by Gasteiger charge is -1.86. The summed E-state index contributed by atoms with van der Waals surface area (Å²) in [5.74, 6) is 0.416. The van der Waals surface area contributed by atoms with Gasteiger partial charge in [-0.25, -0.2) is 0 Å². The maximum atomic E-state index is 5.59. The van der Waals surface area contributed by atoms with Crippen molar-refractivity contribution in [2.45, 2.75) is 6.92 Å². The quantitative estimate of drug-likeness (QED) is 0.456. The van der Waals surface area contributed by atoms with Crippen LogP contribution in [0.25, 0.3) is 0 Å². The topological polar surface area (TPSA) is 0 Å². The Morgan fingerprint density at radius 3 is 2.33 bits per heavy atom. The Hall–Kier alpha value is 0.350. The van der Waals surface area contributed by atoms with Gasteiger partial charge in [0.2, 0.25) is 0 Å². The molecule has 0 saturated carbocycles. The van der Waals surface area contributed by atoms with E-state index in [-0.39, 0.29) is 0 Å². The predicted octanol–water partition coefficient (Wildman–Crippen LogP) is 3.49. The summed E-state index contributed by atoms with van der Waals surface area (Å²) in [5.41, 5.74) is 0. The fourth-order valence-electron chi connectivity index (χ4n) is 0.323. The van der Waals surface area contributed by atoms with Gasteiger partial charge in [0, 0.05) is 15.9 Å². The molecule has 0 rings (SSSR count).